The normalized spacial score (nSPS) is 16.0. The van der Waals surface area contributed by atoms with Gasteiger partial charge >= 0.3 is 0 Å². The molecule has 2 aromatic rings. The summed E-state index contributed by atoms with van der Waals surface area (Å²) in [5.41, 5.74) is 0. The second kappa shape index (κ2) is 9.85. The maximum atomic E-state index is 12.2. The quantitative estimate of drug-likeness (QED) is 0.623. The summed E-state index contributed by atoms with van der Waals surface area (Å²) >= 11 is 13.5. The molecule has 0 spiro atoms. The Kier molecular flexibility index (Phi) is 7.48. The molecule has 3 rings (SSSR count). The van der Waals surface area contributed by atoms with Crippen molar-refractivity contribution in [2.75, 3.05) is 5.75 Å². The average Bonchev–Trinajstić information content (AvgIpc) is 3.04. The van der Waals surface area contributed by atoms with Crippen LogP contribution in [0.1, 0.15) is 51.0 Å². The van der Waals surface area contributed by atoms with Crippen molar-refractivity contribution in [1.82, 2.24) is 20.1 Å². The van der Waals surface area contributed by atoms with E-state index in [1.807, 2.05) is 18.5 Å². The summed E-state index contributed by atoms with van der Waals surface area (Å²) in [5, 5.41) is 13.2. The smallest absolute Gasteiger partial charge is 0.230 e. The van der Waals surface area contributed by atoms with Gasteiger partial charge in [-0.05, 0) is 38.0 Å². The van der Waals surface area contributed by atoms with Crippen LogP contribution in [-0.4, -0.2) is 32.5 Å². The highest BCUT2D eigenvalue weighted by Gasteiger charge is 2.20. The number of amides is 1. The highest BCUT2D eigenvalue weighted by atomic mass is 35.5. The first kappa shape index (κ1) is 21.3. The minimum atomic E-state index is -0.360. The second-order valence-electron chi connectivity index (χ2n) is 6.93. The van der Waals surface area contributed by atoms with Crippen LogP contribution in [0.4, 0.5) is 0 Å². The molecule has 1 aromatic carbocycles. The molecule has 1 heterocycles. The van der Waals surface area contributed by atoms with Gasteiger partial charge < -0.3 is 14.6 Å². The summed E-state index contributed by atoms with van der Waals surface area (Å²) in [6.45, 7) is 1.87. The lowest BCUT2D eigenvalue weighted by Gasteiger charge is -2.22. The largest absolute Gasteiger partial charge is 0.481 e. The van der Waals surface area contributed by atoms with E-state index < -0.39 is 0 Å². The van der Waals surface area contributed by atoms with Crippen molar-refractivity contribution in [2.45, 2.75) is 56.3 Å². The van der Waals surface area contributed by atoms with Gasteiger partial charge in [-0.2, -0.15) is 0 Å². The molecule has 152 valence electrons. The van der Waals surface area contributed by atoms with Gasteiger partial charge in [-0.3, -0.25) is 4.79 Å². The maximum absolute atomic E-state index is 12.2. The zero-order valence-electron chi connectivity index (χ0n) is 16.0. The Bertz CT molecular complexity index is 824. The van der Waals surface area contributed by atoms with Crippen LogP contribution in [-0.2, 0) is 11.8 Å². The minimum Gasteiger partial charge on any atom is -0.481 e. The third kappa shape index (κ3) is 5.55. The molecule has 1 fully saturated rings. The van der Waals surface area contributed by atoms with E-state index >= 15 is 0 Å². The van der Waals surface area contributed by atoms with Crippen molar-refractivity contribution in [3.8, 4) is 5.75 Å². The van der Waals surface area contributed by atoms with E-state index in [2.05, 4.69) is 15.5 Å². The number of nitrogens with zero attached hydrogens (tertiary/aromatic N) is 3. The Labute approximate surface area is 179 Å². The van der Waals surface area contributed by atoms with Crippen LogP contribution in [0.25, 0.3) is 0 Å². The fourth-order valence-corrected chi connectivity index (χ4v) is 4.45. The predicted octanol–water partition coefficient (Wildman–Crippen LogP) is 4.80. The van der Waals surface area contributed by atoms with E-state index in [0.29, 0.717) is 38.6 Å². The van der Waals surface area contributed by atoms with Gasteiger partial charge in [-0.15, -0.1) is 10.2 Å². The number of thioether (sulfide) groups is 1. The number of halogens is 2. The zero-order chi connectivity index (χ0) is 20.1. The molecule has 1 amide bonds. The van der Waals surface area contributed by atoms with Crippen molar-refractivity contribution in [1.29, 1.82) is 0 Å². The summed E-state index contributed by atoms with van der Waals surface area (Å²) in [4.78, 5) is 12.2. The molecule has 0 saturated heterocycles. The number of ether oxygens (including phenoxy) is 1. The van der Waals surface area contributed by atoms with Gasteiger partial charge in [0.2, 0.25) is 5.91 Å². The monoisotopic (exact) mass is 442 g/mol. The van der Waals surface area contributed by atoms with Crippen LogP contribution >= 0.6 is 35.0 Å². The van der Waals surface area contributed by atoms with Crippen molar-refractivity contribution in [3.05, 3.63) is 34.1 Å². The second-order valence-corrected chi connectivity index (χ2v) is 8.71. The Morgan fingerprint density at radius 3 is 2.79 bits per heavy atom. The maximum Gasteiger partial charge on any atom is 0.230 e. The molecule has 9 heteroatoms. The van der Waals surface area contributed by atoms with Crippen LogP contribution in [0.2, 0.25) is 10.0 Å². The molecule has 6 nitrogen and oxygen atoms in total. The van der Waals surface area contributed by atoms with Crippen LogP contribution in [0.5, 0.6) is 5.75 Å². The topological polar surface area (TPSA) is 69.0 Å². The first-order valence-electron chi connectivity index (χ1n) is 9.37. The lowest BCUT2D eigenvalue weighted by molar-refractivity contribution is -0.119. The average molecular weight is 443 g/mol. The van der Waals surface area contributed by atoms with E-state index in [9.17, 15) is 4.79 Å². The van der Waals surface area contributed by atoms with Gasteiger partial charge in [0.1, 0.15) is 5.75 Å². The first-order chi connectivity index (χ1) is 13.4. The highest BCUT2D eigenvalue weighted by Crippen LogP contribution is 2.31. The molecular formula is C19H24Cl2N4O2S. The van der Waals surface area contributed by atoms with Gasteiger partial charge in [0, 0.05) is 18.1 Å². The molecule has 1 unspecified atom stereocenters. The highest BCUT2D eigenvalue weighted by molar-refractivity contribution is 7.99. The third-order valence-electron chi connectivity index (χ3n) is 4.73. The summed E-state index contributed by atoms with van der Waals surface area (Å²) in [5.74, 6) is 1.54. The number of nitrogens with one attached hydrogen (secondary N) is 1. The van der Waals surface area contributed by atoms with E-state index in [4.69, 9.17) is 27.9 Å². The lowest BCUT2D eigenvalue weighted by atomic mass is 9.95. The predicted molar refractivity (Wildman–Crippen MR) is 112 cm³/mol. The van der Waals surface area contributed by atoms with Gasteiger partial charge in [-0.25, -0.2) is 0 Å². The van der Waals surface area contributed by atoms with Crippen LogP contribution in [0.15, 0.2) is 23.4 Å². The van der Waals surface area contributed by atoms with Gasteiger partial charge in [0.15, 0.2) is 17.1 Å². The van der Waals surface area contributed by atoms with Crippen LogP contribution in [0, 0.1) is 0 Å². The van der Waals surface area contributed by atoms with E-state index in [-0.39, 0.29) is 12.0 Å². The summed E-state index contributed by atoms with van der Waals surface area (Å²) in [6.07, 6.45) is 5.45. The molecule has 1 aromatic heterocycles. The number of hydrogen-bond donors (Lipinski definition) is 1. The molecule has 0 aliphatic heterocycles. The molecule has 0 radical (unpaired) electrons. The van der Waals surface area contributed by atoms with Crippen molar-refractivity contribution >= 4 is 40.9 Å². The number of hydrogen-bond acceptors (Lipinski definition) is 5. The third-order valence-corrected chi connectivity index (χ3v) is 6.28. The lowest BCUT2D eigenvalue weighted by Crippen LogP contribution is -2.37. The first-order valence-corrected chi connectivity index (χ1v) is 11.1. The van der Waals surface area contributed by atoms with Gasteiger partial charge in [0.25, 0.3) is 0 Å². The fourth-order valence-electron chi connectivity index (χ4n) is 3.27. The number of carbonyl (C=O) groups excluding carboxylic acids is 1. The zero-order valence-corrected chi connectivity index (χ0v) is 18.3. The van der Waals surface area contributed by atoms with Crippen LogP contribution < -0.4 is 10.1 Å². The molecule has 1 aliphatic rings. The molecule has 1 N–H and O–H groups in total. The number of rotatable bonds is 7. The Morgan fingerprint density at radius 2 is 2.07 bits per heavy atom. The molecular weight excluding hydrogens is 419 g/mol. The van der Waals surface area contributed by atoms with Crippen molar-refractivity contribution < 1.29 is 9.53 Å². The summed E-state index contributed by atoms with van der Waals surface area (Å²) in [7, 11) is 1.86. The summed E-state index contributed by atoms with van der Waals surface area (Å²) in [6, 6.07) is 5.39. The number of carbonyl (C=O) groups is 1. The standard InChI is InChI=1S/C19H24Cl2N4O2S/c1-12(27-16-9-8-13(20)10-15(16)21)18-23-24-19(25(18)2)28-11-17(26)22-14-6-4-3-5-7-14/h8-10,12,14H,3-7,11H2,1-2H3,(H,22,26). The molecule has 1 aliphatic carbocycles. The fraction of sp³-hybridized carbons (Fsp3) is 0.526. The van der Waals surface area contributed by atoms with E-state index in [1.165, 1.54) is 31.0 Å². The Morgan fingerprint density at radius 1 is 1.32 bits per heavy atom. The minimum absolute atomic E-state index is 0.0405. The van der Waals surface area contributed by atoms with E-state index in [1.54, 1.807) is 18.2 Å². The Hall–Kier alpha value is -1.44. The molecule has 0 bridgehead atoms. The summed E-state index contributed by atoms with van der Waals surface area (Å²) < 4.78 is 7.74. The van der Waals surface area contributed by atoms with Crippen LogP contribution in [0.3, 0.4) is 0 Å². The molecule has 1 atom stereocenters. The van der Waals surface area contributed by atoms with Gasteiger partial charge in [-0.1, -0.05) is 54.2 Å². The Balaban J connectivity index is 1.55. The van der Waals surface area contributed by atoms with Crippen molar-refractivity contribution in [3.63, 3.8) is 0 Å². The SMILES string of the molecule is CC(Oc1ccc(Cl)cc1Cl)c1nnc(SCC(=O)NC2CCCCC2)n1C. The van der Waals surface area contributed by atoms with Crippen molar-refractivity contribution in [2.24, 2.45) is 7.05 Å². The number of aromatic nitrogens is 3. The molecule has 1 saturated carbocycles. The molecule has 28 heavy (non-hydrogen) atoms. The number of benzene rings is 1. The van der Waals surface area contributed by atoms with E-state index in [0.717, 1.165) is 12.8 Å². The van der Waals surface area contributed by atoms with Gasteiger partial charge in [0.05, 0.1) is 10.8 Å².